The predicted octanol–water partition coefficient (Wildman–Crippen LogP) is 3.53. The molecule has 108 valence electrons. The molecule has 0 aromatic heterocycles. The monoisotopic (exact) mass is 257 g/mol. The van der Waals surface area contributed by atoms with Crippen molar-refractivity contribution in [2.75, 3.05) is 20.2 Å². The van der Waals surface area contributed by atoms with Crippen molar-refractivity contribution in [2.45, 2.75) is 65.7 Å². The van der Waals surface area contributed by atoms with Crippen LogP contribution in [-0.4, -0.2) is 26.2 Å². The fraction of sp³-hybridized carbons (Fsp3) is 0.933. The van der Waals surface area contributed by atoms with Crippen molar-refractivity contribution in [1.82, 2.24) is 5.32 Å². The summed E-state index contributed by atoms with van der Waals surface area (Å²) in [6.07, 6.45) is 9.23. The summed E-state index contributed by atoms with van der Waals surface area (Å²) in [6, 6.07) is 0. The molecule has 18 heavy (non-hydrogen) atoms. The Kier molecular flexibility index (Phi) is 10.0. The van der Waals surface area contributed by atoms with E-state index in [1.165, 1.54) is 52.1 Å². The first kappa shape index (κ1) is 17.4. The van der Waals surface area contributed by atoms with Crippen LogP contribution in [0.1, 0.15) is 65.7 Å². The van der Waals surface area contributed by atoms with Gasteiger partial charge in [-0.1, -0.05) is 45.4 Å². The zero-order valence-electron chi connectivity index (χ0n) is 12.7. The predicted molar refractivity (Wildman–Crippen MR) is 76.7 cm³/mol. The summed E-state index contributed by atoms with van der Waals surface area (Å²) >= 11 is 0. The average molecular weight is 257 g/mol. The molecule has 0 aromatic rings. The molecule has 0 aliphatic carbocycles. The summed E-state index contributed by atoms with van der Waals surface area (Å²) in [7, 11) is 1.44. The summed E-state index contributed by atoms with van der Waals surface area (Å²) in [4.78, 5) is 11.4. The lowest BCUT2D eigenvalue weighted by molar-refractivity contribution is -0.150. The smallest absolute Gasteiger partial charge is 0.312 e. The maximum absolute atomic E-state index is 11.4. The summed E-state index contributed by atoms with van der Waals surface area (Å²) in [5.41, 5.74) is -0.421. The highest BCUT2D eigenvalue weighted by Gasteiger charge is 2.27. The second-order valence-electron chi connectivity index (χ2n) is 5.67. The van der Waals surface area contributed by atoms with Crippen LogP contribution in [0.25, 0.3) is 0 Å². The molecule has 0 aliphatic heterocycles. The molecule has 1 N–H and O–H groups in total. The van der Waals surface area contributed by atoms with E-state index in [-0.39, 0.29) is 5.97 Å². The highest BCUT2D eigenvalue weighted by atomic mass is 16.5. The highest BCUT2D eigenvalue weighted by molar-refractivity contribution is 5.75. The average Bonchev–Trinajstić information content (AvgIpc) is 2.35. The van der Waals surface area contributed by atoms with Crippen LogP contribution in [0.4, 0.5) is 0 Å². The van der Waals surface area contributed by atoms with Gasteiger partial charge in [-0.15, -0.1) is 0 Å². The molecule has 0 fully saturated rings. The van der Waals surface area contributed by atoms with Gasteiger partial charge >= 0.3 is 5.97 Å². The maximum Gasteiger partial charge on any atom is 0.312 e. The first-order valence-corrected chi connectivity index (χ1v) is 7.33. The number of ether oxygens (including phenoxy) is 1. The van der Waals surface area contributed by atoms with Gasteiger partial charge in [-0.25, -0.2) is 0 Å². The van der Waals surface area contributed by atoms with Gasteiger partial charge < -0.3 is 10.1 Å². The molecular weight excluding hydrogens is 226 g/mol. The van der Waals surface area contributed by atoms with E-state index in [0.29, 0.717) is 6.54 Å². The molecule has 0 saturated heterocycles. The molecule has 0 bridgehead atoms. The van der Waals surface area contributed by atoms with Crippen LogP contribution in [-0.2, 0) is 9.53 Å². The van der Waals surface area contributed by atoms with Crippen LogP contribution < -0.4 is 5.32 Å². The first-order chi connectivity index (χ1) is 8.54. The van der Waals surface area contributed by atoms with Crippen molar-refractivity contribution in [2.24, 2.45) is 5.41 Å². The van der Waals surface area contributed by atoms with Crippen LogP contribution in [0.2, 0.25) is 0 Å². The van der Waals surface area contributed by atoms with Gasteiger partial charge in [0.05, 0.1) is 12.5 Å². The minimum Gasteiger partial charge on any atom is -0.469 e. The topological polar surface area (TPSA) is 38.3 Å². The molecule has 0 rings (SSSR count). The number of rotatable bonds is 11. The van der Waals surface area contributed by atoms with Crippen LogP contribution in [0, 0.1) is 5.41 Å². The Morgan fingerprint density at radius 1 is 1.06 bits per heavy atom. The van der Waals surface area contributed by atoms with Crippen LogP contribution in [0.3, 0.4) is 0 Å². The molecule has 0 heterocycles. The SMILES string of the molecule is CCCCCCCCCNCC(C)(C)C(=O)OC. The van der Waals surface area contributed by atoms with Gasteiger partial charge in [-0.2, -0.15) is 0 Å². The van der Waals surface area contributed by atoms with Crippen LogP contribution >= 0.6 is 0 Å². The van der Waals surface area contributed by atoms with E-state index >= 15 is 0 Å². The Bertz CT molecular complexity index is 215. The van der Waals surface area contributed by atoms with Crippen molar-refractivity contribution >= 4 is 5.97 Å². The summed E-state index contributed by atoms with van der Waals surface area (Å²) in [6.45, 7) is 7.75. The Morgan fingerprint density at radius 2 is 1.61 bits per heavy atom. The van der Waals surface area contributed by atoms with Crippen LogP contribution in [0.15, 0.2) is 0 Å². The van der Waals surface area contributed by atoms with E-state index in [4.69, 9.17) is 4.74 Å². The molecule has 0 aliphatic rings. The summed E-state index contributed by atoms with van der Waals surface area (Å²) < 4.78 is 4.77. The van der Waals surface area contributed by atoms with Gasteiger partial charge in [-0.05, 0) is 26.8 Å². The Labute approximate surface area is 113 Å². The van der Waals surface area contributed by atoms with Crippen LogP contribution in [0.5, 0.6) is 0 Å². The molecular formula is C15H31NO2. The summed E-state index contributed by atoms with van der Waals surface area (Å²) in [5.74, 6) is -0.144. The number of hydrogen-bond acceptors (Lipinski definition) is 3. The Hall–Kier alpha value is -0.570. The van der Waals surface area contributed by atoms with E-state index in [2.05, 4.69) is 12.2 Å². The third kappa shape index (κ3) is 8.51. The van der Waals surface area contributed by atoms with Gasteiger partial charge in [0.25, 0.3) is 0 Å². The molecule has 0 radical (unpaired) electrons. The van der Waals surface area contributed by atoms with E-state index in [0.717, 1.165) is 6.54 Å². The lowest BCUT2D eigenvalue weighted by Gasteiger charge is -2.21. The number of hydrogen-bond donors (Lipinski definition) is 1. The van der Waals surface area contributed by atoms with Crippen molar-refractivity contribution < 1.29 is 9.53 Å². The first-order valence-electron chi connectivity index (χ1n) is 7.33. The maximum atomic E-state index is 11.4. The number of nitrogens with one attached hydrogen (secondary N) is 1. The van der Waals surface area contributed by atoms with Crippen molar-refractivity contribution in [3.8, 4) is 0 Å². The second kappa shape index (κ2) is 10.4. The van der Waals surface area contributed by atoms with E-state index < -0.39 is 5.41 Å². The van der Waals surface area contributed by atoms with Gasteiger partial charge in [0.2, 0.25) is 0 Å². The van der Waals surface area contributed by atoms with Gasteiger partial charge in [0.1, 0.15) is 0 Å². The van der Waals surface area contributed by atoms with Crippen molar-refractivity contribution in [1.29, 1.82) is 0 Å². The largest absolute Gasteiger partial charge is 0.469 e. The third-order valence-corrected chi connectivity index (χ3v) is 3.26. The quantitative estimate of drug-likeness (QED) is 0.454. The fourth-order valence-electron chi connectivity index (χ4n) is 1.96. The molecule has 0 spiro atoms. The molecule has 3 nitrogen and oxygen atoms in total. The molecule has 0 saturated carbocycles. The number of carbonyl (C=O) groups is 1. The lowest BCUT2D eigenvalue weighted by atomic mass is 9.94. The fourth-order valence-corrected chi connectivity index (χ4v) is 1.96. The van der Waals surface area contributed by atoms with Gasteiger partial charge in [0, 0.05) is 6.54 Å². The molecule has 0 atom stereocenters. The zero-order valence-corrected chi connectivity index (χ0v) is 12.7. The minimum atomic E-state index is -0.421. The number of esters is 1. The summed E-state index contributed by atoms with van der Waals surface area (Å²) in [5, 5.41) is 3.34. The normalized spacial score (nSPS) is 11.6. The van der Waals surface area contributed by atoms with Crippen molar-refractivity contribution in [3.63, 3.8) is 0 Å². The Balaban J connectivity index is 3.37. The Morgan fingerprint density at radius 3 is 2.17 bits per heavy atom. The number of carbonyl (C=O) groups excluding carboxylic acids is 1. The van der Waals surface area contributed by atoms with Gasteiger partial charge in [-0.3, -0.25) is 4.79 Å². The number of methoxy groups -OCH3 is 1. The third-order valence-electron chi connectivity index (χ3n) is 3.26. The van der Waals surface area contributed by atoms with E-state index in [1.807, 2.05) is 13.8 Å². The zero-order chi connectivity index (χ0) is 13.9. The molecule has 0 amide bonds. The second-order valence-corrected chi connectivity index (χ2v) is 5.67. The lowest BCUT2D eigenvalue weighted by Crippen LogP contribution is -2.37. The molecule has 3 heteroatoms. The van der Waals surface area contributed by atoms with E-state index in [1.54, 1.807) is 0 Å². The number of unbranched alkanes of at least 4 members (excludes halogenated alkanes) is 6. The minimum absolute atomic E-state index is 0.144. The van der Waals surface area contributed by atoms with Gasteiger partial charge in [0.15, 0.2) is 0 Å². The molecule has 0 aromatic carbocycles. The van der Waals surface area contributed by atoms with E-state index in [9.17, 15) is 4.79 Å². The highest BCUT2D eigenvalue weighted by Crippen LogP contribution is 2.15. The van der Waals surface area contributed by atoms with Crippen molar-refractivity contribution in [3.05, 3.63) is 0 Å². The standard InChI is InChI=1S/C15H31NO2/c1-5-6-7-8-9-10-11-12-16-13-15(2,3)14(17)18-4/h16H,5-13H2,1-4H3. The molecule has 0 unspecified atom stereocenters.